The molecule has 3 aromatic rings. The maximum Gasteiger partial charge on any atom is 0.156 e. The number of aryl methyl sites for hydroxylation is 2. The molecule has 1 aromatic carbocycles. The van der Waals surface area contributed by atoms with Gasteiger partial charge < -0.3 is 5.73 Å². The van der Waals surface area contributed by atoms with E-state index >= 15 is 0 Å². The molecule has 4 nitrogen and oxygen atoms in total. The number of hydrogen-bond donors (Lipinski definition) is 1. The molecule has 0 fully saturated rings. The molecule has 0 bridgehead atoms. The summed E-state index contributed by atoms with van der Waals surface area (Å²) >= 11 is 9.09. The minimum absolute atomic E-state index is 0.394. The number of benzene rings is 1. The molecule has 0 aliphatic carbocycles. The van der Waals surface area contributed by atoms with Gasteiger partial charge in [-0.15, -0.1) is 0 Å². The standard InChI is InChI=1S/C18H20ClIN4/c1-4-16(20)12-5-6-13(15(19)8-12)18-14(9-21)11(3)22-17-7-10(2)23-24(17)18/h5-8,16H,4,9,21H2,1-3H3/t16-/m1/s1. The summed E-state index contributed by atoms with van der Waals surface area (Å²) < 4.78 is 2.31. The van der Waals surface area contributed by atoms with Gasteiger partial charge in [-0.05, 0) is 31.9 Å². The van der Waals surface area contributed by atoms with E-state index in [-0.39, 0.29) is 0 Å². The van der Waals surface area contributed by atoms with Crippen LogP contribution in [0.5, 0.6) is 0 Å². The molecule has 0 aliphatic heterocycles. The van der Waals surface area contributed by atoms with Crippen LogP contribution in [0.1, 0.15) is 39.8 Å². The van der Waals surface area contributed by atoms with Gasteiger partial charge in [-0.1, -0.05) is 53.2 Å². The molecule has 3 rings (SSSR count). The molecular formula is C18H20ClIN4. The first-order chi connectivity index (χ1) is 11.5. The first-order valence-corrected chi connectivity index (χ1v) is 9.58. The quantitative estimate of drug-likeness (QED) is 0.445. The van der Waals surface area contributed by atoms with Gasteiger partial charge in [0.05, 0.1) is 16.4 Å². The Morgan fingerprint density at radius 1 is 1.29 bits per heavy atom. The fourth-order valence-corrected chi connectivity index (χ4v) is 3.61. The molecule has 0 unspecified atom stereocenters. The van der Waals surface area contributed by atoms with E-state index in [1.165, 1.54) is 5.56 Å². The molecular weight excluding hydrogens is 435 g/mol. The minimum atomic E-state index is 0.394. The highest BCUT2D eigenvalue weighted by atomic mass is 127. The molecule has 0 aliphatic rings. The summed E-state index contributed by atoms with van der Waals surface area (Å²) in [5.41, 5.74) is 12.8. The van der Waals surface area contributed by atoms with E-state index in [1.807, 2.05) is 24.4 Å². The van der Waals surface area contributed by atoms with Gasteiger partial charge in [0.25, 0.3) is 0 Å². The van der Waals surface area contributed by atoms with Crippen LogP contribution in [0.4, 0.5) is 0 Å². The fourth-order valence-electron chi connectivity index (χ4n) is 2.94. The number of halogens is 2. The SMILES string of the molecule is CC[C@@H](I)c1ccc(-c2c(CN)c(C)nc3cc(C)nn23)c(Cl)c1. The van der Waals surface area contributed by atoms with Crippen LogP contribution < -0.4 is 5.73 Å². The van der Waals surface area contributed by atoms with Crippen LogP contribution in [-0.4, -0.2) is 14.6 Å². The van der Waals surface area contributed by atoms with Crippen molar-refractivity contribution < 1.29 is 0 Å². The van der Waals surface area contributed by atoms with Gasteiger partial charge in [0, 0.05) is 33.4 Å². The average Bonchev–Trinajstić information content (AvgIpc) is 2.92. The number of aromatic nitrogens is 3. The second-order valence-corrected chi connectivity index (χ2v) is 7.81. The van der Waals surface area contributed by atoms with Crippen molar-refractivity contribution in [3.05, 3.63) is 51.8 Å². The van der Waals surface area contributed by atoms with E-state index in [2.05, 4.69) is 57.8 Å². The summed E-state index contributed by atoms with van der Waals surface area (Å²) in [6.07, 6.45) is 1.07. The predicted molar refractivity (Wildman–Crippen MR) is 108 cm³/mol. The second kappa shape index (κ2) is 6.98. The highest BCUT2D eigenvalue weighted by Crippen LogP contribution is 2.36. The van der Waals surface area contributed by atoms with Gasteiger partial charge in [-0.25, -0.2) is 9.50 Å². The van der Waals surface area contributed by atoms with E-state index in [1.54, 1.807) is 0 Å². The summed E-state index contributed by atoms with van der Waals surface area (Å²) in [5.74, 6) is 0. The lowest BCUT2D eigenvalue weighted by Crippen LogP contribution is -2.09. The summed E-state index contributed by atoms with van der Waals surface area (Å²) in [5, 5.41) is 5.31. The Balaban J connectivity index is 2.29. The topological polar surface area (TPSA) is 56.2 Å². The molecule has 0 saturated heterocycles. The molecule has 0 amide bonds. The van der Waals surface area contributed by atoms with Crippen LogP contribution in [0.2, 0.25) is 5.02 Å². The van der Waals surface area contributed by atoms with E-state index in [9.17, 15) is 0 Å². The lowest BCUT2D eigenvalue weighted by Gasteiger charge is -2.16. The molecule has 0 radical (unpaired) electrons. The van der Waals surface area contributed by atoms with Gasteiger partial charge in [-0.3, -0.25) is 0 Å². The number of alkyl halides is 1. The van der Waals surface area contributed by atoms with Crippen LogP contribution in [0.3, 0.4) is 0 Å². The normalized spacial score (nSPS) is 12.8. The summed E-state index contributed by atoms with van der Waals surface area (Å²) in [7, 11) is 0. The lowest BCUT2D eigenvalue weighted by atomic mass is 10.0. The van der Waals surface area contributed by atoms with Crippen molar-refractivity contribution in [2.45, 2.75) is 37.7 Å². The maximum absolute atomic E-state index is 6.65. The molecule has 24 heavy (non-hydrogen) atoms. The zero-order valence-electron chi connectivity index (χ0n) is 14.0. The monoisotopic (exact) mass is 454 g/mol. The van der Waals surface area contributed by atoms with Crippen LogP contribution in [0.25, 0.3) is 16.9 Å². The van der Waals surface area contributed by atoms with E-state index in [0.717, 1.165) is 45.3 Å². The number of rotatable bonds is 4. The zero-order valence-corrected chi connectivity index (χ0v) is 16.9. The summed E-state index contributed by atoms with van der Waals surface area (Å²) in [6, 6.07) is 8.23. The van der Waals surface area contributed by atoms with Gasteiger partial charge in [0.1, 0.15) is 0 Å². The van der Waals surface area contributed by atoms with Crippen molar-refractivity contribution in [2.24, 2.45) is 5.73 Å². The van der Waals surface area contributed by atoms with Crippen LogP contribution in [0.15, 0.2) is 24.3 Å². The molecule has 2 aromatic heterocycles. The van der Waals surface area contributed by atoms with Crippen molar-refractivity contribution >= 4 is 39.8 Å². The van der Waals surface area contributed by atoms with Crippen molar-refractivity contribution in [1.82, 2.24) is 14.6 Å². The van der Waals surface area contributed by atoms with Crippen molar-refractivity contribution in [3.63, 3.8) is 0 Å². The summed E-state index contributed by atoms with van der Waals surface area (Å²) in [6.45, 7) is 6.51. The zero-order chi connectivity index (χ0) is 17.4. The third-order valence-electron chi connectivity index (χ3n) is 4.20. The minimum Gasteiger partial charge on any atom is -0.326 e. The van der Waals surface area contributed by atoms with Crippen LogP contribution in [-0.2, 0) is 6.54 Å². The Kier molecular flexibility index (Phi) is 5.13. The Hall–Kier alpha value is -1.18. The van der Waals surface area contributed by atoms with Crippen molar-refractivity contribution in [2.75, 3.05) is 0 Å². The van der Waals surface area contributed by atoms with E-state index in [4.69, 9.17) is 17.3 Å². The smallest absolute Gasteiger partial charge is 0.156 e. The molecule has 1 atom stereocenters. The Morgan fingerprint density at radius 2 is 2.04 bits per heavy atom. The fraction of sp³-hybridized carbons (Fsp3) is 0.333. The van der Waals surface area contributed by atoms with Gasteiger partial charge in [0.15, 0.2) is 5.65 Å². The lowest BCUT2D eigenvalue weighted by molar-refractivity contribution is 0.882. The molecule has 0 saturated carbocycles. The second-order valence-electron chi connectivity index (χ2n) is 5.90. The van der Waals surface area contributed by atoms with E-state index in [0.29, 0.717) is 10.5 Å². The molecule has 2 N–H and O–H groups in total. The molecule has 126 valence electrons. The Labute approximate surface area is 160 Å². The van der Waals surface area contributed by atoms with Gasteiger partial charge in [-0.2, -0.15) is 5.10 Å². The highest BCUT2D eigenvalue weighted by molar-refractivity contribution is 14.1. The summed E-state index contributed by atoms with van der Waals surface area (Å²) in [4.78, 5) is 4.62. The highest BCUT2D eigenvalue weighted by Gasteiger charge is 2.18. The number of hydrogen-bond acceptors (Lipinski definition) is 3. The first-order valence-electron chi connectivity index (χ1n) is 7.96. The number of nitrogens with zero attached hydrogens (tertiary/aromatic N) is 3. The maximum atomic E-state index is 6.65. The molecule has 0 spiro atoms. The predicted octanol–water partition coefficient (Wildman–Crippen LogP) is 5.01. The van der Waals surface area contributed by atoms with Crippen LogP contribution >= 0.6 is 34.2 Å². The Bertz CT molecular complexity index is 904. The number of nitrogens with two attached hydrogens (primary N) is 1. The van der Waals surface area contributed by atoms with Crippen molar-refractivity contribution in [3.8, 4) is 11.3 Å². The largest absolute Gasteiger partial charge is 0.326 e. The van der Waals surface area contributed by atoms with Gasteiger partial charge in [0.2, 0.25) is 0 Å². The first kappa shape index (κ1) is 17.6. The average molecular weight is 455 g/mol. The Morgan fingerprint density at radius 3 is 2.67 bits per heavy atom. The van der Waals surface area contributed by atoms with Gasteiger partial charge >= 0.3 is 0 Å². The molecule has 2 heterocycles. The third kappa shape index (κ3) is 3.05. The van der Waals surface area contributed by atoms with E-state index < -0.39 is 0 Å². The molecule has 6 heteroatoms. The number of fused-ring (bicyclic) bond motifs is 1. The third-order valence-corrected chi connectivity index (χ3v) is 6.11. The van der Waals surface area contributed by atoms with Crippen molar-refractivity contribution in [1.29, 1.82) is 0 Å². The van der Waals surface area contributed by atoms with Crippen LogP contribution in [0, 0.1) is 13.8 Å².